The van der Waals surface area contributed by atoms with Crippen molar-refractivity contribution < 1.29 is 4.39 Å². The molecule has 0 atom stereocenters. The molecule has 0 spiro atoms. The lowest BCUT2D eigenvalue weighted by Crippen LogP contribution is -2.21. The Morgan fingerprint density at radius 3 is 2.56 bits per heavy atom. The van der Waals surface area contributed by atoms with Crippen LogP contribution in [0.2, 0.25) is 5.02 Å². The van der Waals surface area contributed by atoms with E-state index in [1.54, 1.807) is 6.07 Å². The highest BCUT2D eigenvalue weighted by Gasteiger charge is 2.08. The van der Waals surface area contributed by atoms with E-state index in [2.05, 4.69) is 10.9 Å². The molecule has 4 heteroatoms. The fourth-order valence-electron chi connectivity index (χ4n) is 1.63. The van der Waals surface area contributed by atoms with Gasteiger partial charge in [0.05, 0.1) is 5.02 Å². The van der Waals surface area contributed by atoms with Crippen LogP contribution in [0.25, 0.3) is 0 Å². The van der Waals surface area contributed by atoms with Gasteiger partial charge in [-0.25, -0.2) is 9.82 Å². The average Bonchev–Trinajstić information content (AvgIpc) is 2.39. The maximum Gasteiger partial charge on any atom is 0.129 e. The summed E-state index contributed by atoms with van der Waals surface area (Å²) in [6.45, 7) is 2.18. The molecule has 0 bridgehead atoms. The number of anilines is 1. The van der Waals surface area contributed by atoms with E-state index in [-0.39, 0.29) is 5.82 Å². The molecule has 94 valence electrons. The molecule has 0 unspecified atom stereocenters. The van der Waals surface area contributed by atoms with Crippen LogP contribution < -0.4 is 10.9 Å². The van der Waals surface area contributed by atoms with Gasteiger partial charge in [0.2, 0.25) is 0 Å². The first-order valence-corrected chi connectivity index (χ1v) is 6.03. The highest BCUT2D eigenvalue weighted by molar-refractivity contribution is 6.32. The fourth-order valence-corrected chi connectivity index (χ4v) is 1.85. The van der Waals surface area contributed by atoms with Crippen LogP contribution in [0.5, 0.6) is 0 Å². The minimum Gasteiger partial charge on any atom is -0.321 e. The van der Waals surface area contributed by atoms with Crippen LogP contribution in [0.1, 0.15) is 11.1 Å². The molecule has 0 aliphatic heterocycles. The van der Waals surface area contributed by atoms with Crippen molar-refractivity contribution in [2.45, 2.75) is 13.5 Å². The maximum absolute atomic E-state index is 13.6. The van der Waals surface area contributed by atoms with Crippen molar-refractivity contribution in [3.8, 4) is 0 Å². The van der Waals surface area contributed by atoms with E-state index >= 15 is 0 Å². The van der Waals surface area contributed by atoms with E-state index in [9.17, 15) is 4.39 Å². The number of hydrazine groups is 1. The Labute approximate surface area is 111 Å². The largest absolute Gasteiger partial charge is 0.321 e. The van der Waals surface area contributed by atoms with Gasteiger partial charge in [-0.3, -0.25) is 0 Å². The third-order valence-corrected chi connectivity index (χ3v) is 3.18. The van der Waals surface area contributed by atoms with Gasteiger partial charge in [0.1, 0.15) is 5.82 Å². The standard InChI is InChI=1S/C14H14ClFN2/c1-10-7-8-13(16)12(14(10)15)9-17-18-11-5-3-2-4-6-11/h2-8,17-18H,9H2,1H3. The molecule has 0 fully saturated rings. The first-order valence-electron chi connectivity index (χ1n) is 5.66. The van der Waals surface area contributed by atoms with Gasteiger partial charge in [-0.1, -0.05) is 35.9 Å². The van der Waals surface area contributed by atoms with Gasteiger partial charge in [-0.2, -0.15) is 0 Å². The van der Waals surface area contributed by atoms with Gasteiger partial charge >= 0.3 is 0 Å². The molecule has 2 aromatic carbocycles. The first-order chi connectivity index (χ1) is 8.68. The van der Waals surface area contributed by atoms with Gasteiger partial charge < -0.3 is 5.43 Å². The molecule has 2 rings (SSSR count). The summed E-state index contributed by atoms with van der Waals surface area (Å²) in [6, 6.07) is 12.7. The van der Waals surface area contributed by atoms with E-state index in [4.69, 9.17) is 11.6 Å². The van der Waals surface area contributed by atoms with Crippen molar-refractivity contribution in [1.29, 1.82) is 0 Å². The van der Waals surface area contributed by atoms with Crippen molar-refractivity contribution in [3.63, 3.8) is 0 Å². The summed E-state index contributed by atoms with van der Waals surface area (Å²) in [4.78, 5) is 0. The normalized spacial score (nSPS) is 10.4. The van der Waals surface area contributed by atoms with E-state index in [1.165, 1.54) is 6.07 Å². The van der Waals surface area contributed by atoms with Crippen LogP contribution in [0, 0.1) is 12.7 Å². The average molecular weight is 265 g/mol. The molecule has 2 nitrogen and oxygen atoms in total. The van der Waals surface area contributed by atoms with Gasteiger partial charge in [-0.15, -0.1) is 0 Å². The minimum atomic E-state index is -0.298. The van der Waals surface area contributed by atoms with Gasteiger partial charge in [0, 0.05) is 17.8 Å². The second kappa shape index (κ2) is 5.85. The Balaban J connectivity index is 2.01. The fraction of sp³-hybridized carbons (Fsp3) is 0.143. The predicted octanol–water partition coefficient (Wildman–Crippen LogP) is 3.90. The maximum atomic E-state index is 13.6. The zero-order valence-electron chi connectivity index (χ0n) is 10.0. The second-order valence-corrected chi connectivity index (χ2v) is 4.38. The third-order valence-electron chi connectivity index (χ3n) is 2.65. The van der Waals surface area contributed by atoms with Crippen LogP contribution in [0.15, 0.2) is 42.5 Å². The lowest BCUT2D eigenvalue weighted by atomic mass is 10.1. The van der Waals surface area contributed by atoms with Crippen molar-refractivity contribution in [2.75, 3.05) is 5.43 Å². The van der Waals surface area contributed by atoms with Crippen LogP contribution in [-0.2, 0) is 6.54 Å². The Bertz CT molecular complexity index is 529. The summed E-state index contributed by atoms with van der Waals surface area (Å²) >= 11 is 6.07. The smallest absolute Gasteiger partial charge is 0.129 e. The molecule has 0 aromatic heterocycles. The minimum absolute atomic E-state index is 0.298. The zero-order chi connectivity index (χ0) is 13.0. The molecule has 2 aromatic rings. The SMILES string of the molecule is Cc1ccc(F)c(CNNc2ccccc2)c1Cl. The van der Waals surface area contributed by atoms with Gasteiger partial charge in [0.15, 0.2) is 0 Å². The molecule has 0 saturated carbocycles. The topological polar surface area (TPSA) is 24.1 Å². The summed E-state index contributed by atoms with van der Waals surface area (Å²) < 4.78 is 13.6. The van der Waals surface area contributed by atoms with E-state index < -0.39 is 0 Å². The summed E-state index contributed by atoms with van der Waals surface area (Å²) in [6.07, 6.45) is 0. The summed E-state index contributed by atoms with van der Waals surface area (Å²) in [7, 11) is 0. The van der Waals surface area contributed by atoms with E-state index in [0.717, 1.165) is 11.3 Å². The molecule has 2 N–H and O–H groups in total. The highest BCUT2D eigenvalue weighted by atomic mass is 35.5. The number of hydrogen-bond donors (Lipinski definition) is 2. The van der Waals surface area contributed by atoms with Crippen LogP contribution >= 0.6 is 11.6 Å². The number of nitrogens with one attached hydrogen (secondary N) is 2. The Morgan fingerprint density at radius 1 is 1.11 bits per heavy atom. The van der Waals surface area contributed by atoms with Crippen LogP contribution in [0.3, 0.4) is 0 Å². The molecule has 0 aliphatic carbocycles. The molecule has 0 saturated heterocycles. The number of benzene rings is 2. The molecule has 18 heavy (non-hydrogen) atoms. The van der Waals surface area contributed by atoms with Crippen molar-refractivity contribution >= 4 is 17.3 Å². The predicted molar refractivity (Wildman–Crippen MR) is 73.1 cm³/mol. The highest BCUT2D eigenvalue weighted by Crippen LogP contribution is 2.23. The first kappa shape index (κ1) is 12.9. The van der Waals surface area contributed by atoms with Crippen molar-refractivity contribution in [1.82, 2.24) is 5.43 Å². The molecular formula is C14H14ClFN2. The van der Waals surface area contributed by atoms with Gasteiger partial charge in [-0.05, 0) is 30.7 Å². The van der Waals surface area contributed by atoms with Crippen molar-refractivity contribution in [2.24, 2.45) is 0 Å². The number of aryl methyl sites for hydroxylation is 1. The number of hydrogen-bond acceptors (Lipinski definition) is 2. The number of rotatable bonds is 4. The Kier molecular flexibility index (Phi) is 4.18. The molecule has 0 amide bonds. The third kappa shape index (κ3) is 3.00. The number of para-hydroxylation sites is 1. The molecule has 0 radical (unpaired) electrons. The molecule has 0 heterocycles. The zero-order valence-corrected chi connectivity index (χ0v) is 10.8. The quantitative estimate of drug-likeness (QED) is 0.819. The van der Waals surface area contributed by atoms with Gasteiger partial charge in [0.25, 0.3) is 0 Å². The molecular weight excluding hydrogens is 251 g/mol. The lowest BCUT2D eigenvalue weighted by molar-refractivity contribution is 0.599. The van der Waals surface area contributed by atoms with Crippen LogP contribution in [0.4, 0.5) is 10.1 Å². The number of halogens is 2. The molecule has 0 aliphatic rings. The monoisotopic (exact) mass is 264 g/mol. The summed E-state index contributed by atoms with van der Waals surface area (Å²) in [5.74, 6) is -0.298. The second-order valence-electron chi connectivity index (χ2n) is 4.00. The Morgan fingerprint density at radius 2 is 1.83 bits per heavy atom. The van der Waals surface area contributed by atoms with Crippen molar-refractivity contribution in [3.05, 3.63) is 64.4 Å². The summed E-state index contributed by atoms with van der Waals surface area (Å²) in [5.41, 5.74) is 8.20. The van der Waals surface area contributed by atoms with Crippen LogP contribution in [-0.4, -0.2) is 0 Å². The Hall–Kier alpha value is -1.58. The summed E-state index contributed by atoms with van der Waals surface area (Å²) in [5, 5.41) is 0.470. The van der Waals surface area contributed by atoms with E-state index in [1.807, 2.05) is 37.3 Å². The van der Waals surface area contributed by atoms with E-state index in [0.29, 0.717) is 17.1 Å². The lowest BCUT2D eigenvalue weighted by Gasteiger charge is -2.11.